The van der Waals surface area contributed by atoms with E-state index in [1.807, 2.05) is 75.4 Å². The summed E-state index contributed by atoms with van der Waals surface area (Å²) in [5.74, 6) is -2.20. The molecule has 0 saturated carbocycles. The van der Waals surface area contributed by atoms with Crippen LogP contribution in [0.2, 0.25) is 0 Å². The minimum absolute atomic E-state index is 0.0219. The highest BCUT2D eigenvalue weighted by atomic mass is 32.2. The fourth-order valence-electron chi connectivity index (χ4n) is 10.6. The largest absolute Gasteiger partial charge is 0.456 e. The summed E-state index contributed by atoms with van der Waals surface area (Å²) in [6.45, 7) is 10.7. The number of benzene rings is 3. The summed E-state index contributed by atoms with van der Waals surface area (Å²) in [5.41, 5.74) is 4.29. The molecular weight excluding hydrogens is 1170 g/mol. The lowest BCUT2D eigenvalue weighted by molar-refractivity contribution is -0.437. The number of allylic oxidation sites excluding steroid dienone is 5. The number of amides is 2. The number of carbonyl (C=O) groups excluding carboxylic acids is 3. The summed E-state index contributed by atoms with van der Waals surface area (Å²) in [7, 11) is -11.8. The Morgan fingerprint density at radius 1 is 0.729 bits per heavy atom. The molecule has 0 aromatic heterocycles. The molecule has 3 aromatic rings. The molecule has 26 heteroatoms. The van der Waals surface area contributed by atoms with Crippen molar-refractivity contribution in [3.63, 3.8) is 0 Å². The second kappa shape index (κ2) is 30.1. The summed E-state index contributed by atoms with van der Waals surface area (Å²) >= 11 is 0. The zero-order valence-corrected chi connectivity index (χ0v) is 50.7. The molecule has 1 unspecified atom stereocenters. The molecule has 4 aliphatic heterocycles. The number of fused-ring (bicyclic) bond motifs is 3. The van der Waals surface area contributed by atoms with E-state index in [0.717, 1.165) is 22.4 Å². The molecule has 7 rings (SSSR count). The molecule has 0 aliphatic carbocycles. The van der Waals surface area contributed by atoms with Crippen molar-refractivity contribution in [3.05, 3.63) is 113 Å². The van der Waals surface area contributed by atoms with Crippen molar-refractivity contribution >= 4 is 82.1 Å². The Kier molecular flexibility index (Phi) is 23.5. The molecule has 4 heterocycles. The van der Waals surface area contributed by atoms with Gasteiger partial charge >= 0.3 is 5.97 Å². The molecule has 85 heavy (non-hydrogen) atoms. The average molecular weight is 1240 g/mol. The lowest BCUT2D eigenvalue weighted by Gasteiger charge is -2.44. The van der Waals surface area contributed by atoms with Gasteiger partial charge in [0.15, 0.2) is 5.71 Å². The molecule has 1 fully saturated rings. The first-order valence-corrected chi connectivity index (χ1v) is 32.7. The van der Waals surface area contributed by atoms with Gasteiger partial charge in [-0.1, -0.05) is 48.6 Å². The van der Waals surface area contributed by atoms with Gasteiger partial charge in [0.25, 0.3) is 42.2 Å². The number of anilines is 1. The van der Waals surface area contributed by atoms with Crippen LogP contribution in [0.3, 0.4) is 0 Å². The Labute approximate surface area is 497 Å². The average Bonchev–Trinajstić information content (AvgIpc) is 1.77. The summed E-state index contributed by atoms with van der Waals surface area (Å²) in [6.07, 6.45) is 9.76. The summed E-state index contributed by atoms with van der Waals surface area (Å²) in [6, 6.07) is 17.4. The van der Waals surface area contributed by atoms with Crippen LogP contribution in [0.1, 0.15) is 94.4 Å². The van der Waals surface area contributed by atoms with Crippen molar-refractivity contribution in [1.29, 1.82) is 0 Å². The third-order valence-electron chi connectivity index (χ3n) is 14.6. The van der Waals surface area contributed by atoms with Gasteiger partial charge in [0.2, 0.25) is 5.69 Å². The van der Waals surface area contributed by atoms with Crippen molar-refractivity contribution in [2.75, 3.05) is 109 Å². The molecule has 0 spiro atoms. The van der Waals surface area contributed by atoms with Crippen LogP contribution in [-0.2, 0) is 83.4 Å². The van der Waals surface area contributed by atoms with E-state index in [2.05, 4.69) is 11.0 Å². The van der Waals surface area contributed by atoms with Crippen molar-refractivity contribution in [3.8, 4) is 5.75 Å². The molecule has 23 nitrogen and oxygen atoms in total. The van der Waals surface area contributed by atoms with Crippen molar-refractivity contribution in [2.45, 2.75) is 88.0 Å². The van der Waals surface area contributed by atoms with E-state index in [-0.39, 0.29) is 58.0 Å². The predicted octanol–water partition coefficient (Wildman–Crippen LogP) is 6.80. The molecule has 1 atom stereocenters. The van der Waals surface area contributed by atoms with Crippen molar-refractivity contribution in [2.24, 2.45) is 0 Å². The maximum atomic E-state index is 13.1. The van der Waals surface area contributed by atoms with E-state index >= 15 is 0 Å². The molecule has 1 saturated heterocycles. The van der Waals surface area contributed by atoms with Gasteiger partial charge in [0, 0.05) is 85.5 Å². The molecule has 0 bridgehead atoms. The van der Waals surface area contributed by atoms with Gasteiger partial charge in [0.1, 0.15) is 18.1 Å². The van der Waals surface area contributed by atoms with E-state index < -0.39 is 75.5 Å². The van der Waals surface area contributed by atoms with E-state index in [1.54, 1.807) is 23.8 Å². The van der Waals surface area contributed by atoms with Gasteiger partial charge in [-0.15, -0.1) is 5.06 Å². The van der Waals surface area contributed by atoms with E-state index in [4.69, 9.17) is 38.0 Å². The Balaban J connectivity index is 1.19. The predicted molar refractivity (Wildman–Crippen MR) is 315 cm³/mol. The van der Waals surface area contributed by atoms with Gasteiger partial charge in [-0.05, 0) is 81.9 Å². The number of rotatable bonds is 35. The monoisotopic (exact) mass is 1240 g/mol. The molecule has 3 aromatic carbocycles. The maximum Gasteiger partial charge on any atom is 0.333 e. The Hall–Kier alpha value is -6.01. The highest BCUT2D eigenvalue weighted by molar-refractivity contribution is 7.86. The van der Waals surface area contributed by atoms with Crippen LogP contribution in [0.15, 0.2) is 95.9 Å². The van der Waals surface area contributed by atoms with E-state index in [1.165, 1.54) is 18.2 Å². The smallest absolute Gasteiger partial charge is 0.333 e. The summed E-state index contributed by atoms with van der Waals surface area (Å²) in [5, 5.41) is 0.457. The number of hydrogen-bond acceptors (Lipinski definition) is 18. The van der Waals surface area contributed by atoms with Crippen molar-refractivity contribution in [1.82, 2.24) is 5.06 Å². The van der Waals surface area contributed by atoms with Gasteiger partial charge in [-0.2, -0.15) is 29.8 Å². The number of hydroxylamine groups is 2. The zero-order valence-electron chi connectivity index (χ0n) is 48.3. The van der Waals surface area contributed by atoms with Crippen LogP contribution in [-0.4, -0.2) is 182 Å². The molecule has 4 aliphatic rings. The van der Waals surface area contributed by atoms with E-state index in [9.17, 15) is 53.3 Å². The zero-order chi connectivity index (χ0) is 61.4. The second-order valence-electron chi connectivity index (χ2n) is 21.3. The highest BCUT2D eigenvalue weighted by Crippen LogP contribution is 2.48. The Morgan fingerprint density at radius 2 is 1.33 bits per heavy atom. The summed E-state index contributed by atoms with van der Waals surface area (Å²) in [4.78, 5) is 44.4. The fraction of sp³-hybridized carbons (Fsp3) is 0.492. The SMILES string of the molecule is COCCOCCOCCOCCOCCOCCC1=CC(C)(C)N(CCCS(=O)(=O)O)c2cc3c(cc21)C(=CC=CC1=[N+](CCCS(=O)(=O)O)c2ccc(S(=O)(=O)O)cc2C1(C)CCCC(=O)ON1C(=O)CCC1=O)C=C(c1ccccc1)O3. The minimum Gasteiger partial charge on any atom is -0.456 e. The third-order valence-corrected chi connectivity index (χ3v) is 17.1. The van der Waals surface area contributed by atoms with Gasteiger partial charge in [-0.25, -0.2) is 4.79 Å². The molecular formula is C59H76N3O20S3+. The molecule has 2 amide bonds. The van der Waals surface area contributed by atoms with Gasteiger partial charge < -0.3 is 42.9 Å². The molecule has 0 radical (unpaired) electrons. The standard InChI is InChI=1S/C59H75N3O20S3/c1-58(2)42-45(21-25-76-28-29-78-32-33-80-35-34-79-31-30-77-27-26-75-4)47-40-48-44(38-52(43-12-6-5-7-13-43)81-53(48)41-51(47)61(58)24-11-37-84(69,70)71)14-8-15-54-59(3,22-9-16-57(65)82-62-55(63)19-20-56(62)64)49-39-46(85(72,73)74)17-18-50(49)60(54)23-10-36-83(66,67)68/h5-8,12-15,17-18,38-42H,9-11,16,19-37H2,1-4H3,(H2-,66,67,68,69,70,71,72,73,74)/p+1. The Bertz CT molecular complexity index is 3380. The lowest BCUT2D eigenvalue weighted by atomic mass is 9.75. The summed E-state index contributed by atoms with van der Waals surface area (Å²) < 4.78 is 145. The first kappa shape index (κ1) is 66.5. The quantitative estimate of drug-likeness (QED) is 0.0236. The number of nitrogens with zero attached hydrogens (tertiary/aromatic N) is 3. The minimum atomic E-state index is -4.74. The fourth-order valence-corrected chi connectivity index (χ4v) is 12.1. The van der Waals surface area contributed by atoms with Gasteiger partial charge in [-0.3, -0.25) is 23.2 Å². The van der Waals surface area contributed by atoms with Crippen LogP contribution >= 0.6 is 0 Å². The van der Waals surface area contributed by atoms with Crippen LogP contribution < -0.4 is 9.64 Å². The third kappa shape index (κ3) is 18.7. The highest BCUT2D eigenvalue weighted by Gasteiger charge is 2.48. The number of carbonyl (C=O) groups is 3. The van der Waals surface area contributed by atoms with Crippen LogP contribution in [0.4, 0.5) is 11.4 Å². The van der Waals surface area contributed by atoms with Gasteiger partial charge in [0.05, 0.1) is 100 Å². The number of ether oxygens (including phenoxy) is 7. The van der Waals surface area contributed by atoms with Crippen LogP contribution in [0.25, 0.3) is 16.9 Å². The van der Waals surface area contributed by atoms with Crippen molar-refractivity contribution < 1.29 is 95.9 Å². The normalized spacial score (nSPS) is 18.2. The second-order valence-corrected chi connectivity index (χ2v) is 25.9. The first-order valence-electron chi connectivity index (χ1n) is 28.0. The topological polar surface area (TPSA) is 298 Å². The van der Waals surface area contributed by atoms with E-state index in [0.29, 0.717) is 124 Å². The maximum absolute atomic E-state index is 13.1. The van der Waals surface area contributed by atoms with Crippen LogP contribution in [0, 0.1) is 0 Å². The molecule has 3 N–H and O–H groups in total. The number of hydrogen-bond donors (Lipinski definition) is 3. The van der Waals surface area contributed by atoms with Crippen LogP contribution in [0.5, 0.6) is 5.75 Å². The number of methoxy groups -OCH3 is 1. The lowest BCUT2D eigenvalue weighted by Crippen LogP contribution is -2.46. The first-order chi connectivity index (χ1) is 40.4. The number of imide groups is 1. The Morgan fingerprint density at radius 3 is 1.93 bits per heavy atom. The molecule has 464 valence electrons.